The van der Waals surface area contributed by atoms with Gasteiger partial charge in [-0.05, 0) is 19.1 Å². The van der Waals surface area contributed by atoms with E-state index >= 15 is 0 Å². The molecular weight excluding hydrogens is 496 g/mol. The monoisotopic (exact) mass is 512 g/mol. The molecule has 0 bridgehead atoms. The zero-order chi connectivity index (χ0) is 25.0. The molecule has 0 aliphatic rings. The number of aliphatic carboxylic acids is 1. The van der Waals surface area contributed by atoms with Crippen molar-refractivity contribution < 1.29 is 27.8 Å². The summed E-state index contributed by atoms with van der Waals surface area (Å²) < 4.78 is 39.8. The number of aryl methyl sites for hydroxylation is 2. The standard InChI is InChI=1S/C20H16Cl2N4O.C2HF3O2/c1-12-8-14(20-24-6-7-26(20)2)13-4-3-5-18(19(13)25-12)27-11-15-16(21)9-23-10-17(15)22;3-2(4,5)1(6)7/h3-10H,11H2,1-2H3;(H,6,7). The Morgan fingerprint density at radius 1 is 1.21 bits per heavy atom. The van der Waals surface area contributed by atoms with Gasteiger partial charge in [0, 0.05) is 54.0 Å². The first-order valence-electron chi connectivity index (χ1n) is 9.58. The molecule has 3 aromatic heterocycles. The minimum Gasteiger partial charge on any atom is -0.487 e. The predicted molar refractivity (Wildman–Crippen MR) is 121 cm³/mol. The Balaban J connectivity index is 0.000000406. The van der Waals surface area contributed by atoms with Gasteiger partial charge in [0.1, 0.15) is 23.7 Å². The SMILES string of the molecule is Cc1cc(-c2nccn2C)c2cccc(OCc3c(Cl)cncc3Cl)c2n1.O=C(O)C(F)(F)F. The van der Waals surface area contributed by atoms with E-state index in [1.54, 1.807) is 18.6 Å². The summed E-state index contributed by atoms with van der Waals surface area (Å²) >= 11 is 12.4. The van der Waals surface area contributed by atoms with Crippen molar-refractivity contribution in [1.29, 1.82) is 0 Å². The van der Waals surface area contributed by atoms with E-state index in [0.29, 0.717) is 21.4 Å². The number of aromatic nitrogens is 4. The number of para-hydroxylation sites is 1. The number of carboxylic acids is 1. The van der Waals surface area contributed by atoms with Crippen LogP contribution in [0, 0.1) is 6.92 Å². The lowest BCUT2D eigenvalue weighted by molar-refractivity contribution is -0.192. The van der Waals surface area contributed by atoms with Gasteiger partial charge >= 0.3 is 12.1 Å². The number of carboxylic acid groups (broad SMARTS) is 1. The summed E-state index contributed by atoms with van der Waals surface area (Å²) in [6.07, 6.45) is 1.73. The van der Waals surface area contributed by atoms with Crippen LogP contribution in [0.4, 0.5) is 13.2 Å². The van der Waals surface area contributed by atoms with Gasteiger partial charge in [-0.15, -0.1) is 0 Å². The third-order valence-electron chi connectivity index (χ3n) is 4.56. The number of ether oxygens (including phenoxy) is 1. The lowest BCUT2D eigenvalue weighted by Crippen LogP contribution is -2.21. The summed E-state index contributed by atoms with van der Waals surface area (Å²) in [4.78, 5) is 22.0. The molecule has 0 aliphatic heterocycles. The number of hydrogen-bond acceptors (Lipinski definition) is 5. The van der Waals surface area contributed by atoms with Crippen molar-refractivity contribution in [2.45, 2.75) is 19.7 Å². The second-order valence-corrected chi connectivity index (χ2v) is 7.81. The zero-order valence-electron chi connectivity index (χ0n) is 17.8. The quantitative estimate of drug-likeness (QED) is 0.368. The van der Waals surface area contributed by atoms with Gasteiger partial charge in [0.25, 0.3) is 0 Å². The lowest BCUT2D eigenvalue weighted by Gasteiger charge is -2.13. The van der Waals surface area contributed by atoms with Crippen LogP contribution < -0.4 is 4.74 Å². The molecule has 12 heteroatoms. The van der Waals surface area contributed by atoms with Crippen molar-refractivity contribution in [2.24, 2.45) is 7.05 Å². The Bertz CT molecular complexity index is 1320. The van der Waals surface area contributed by atoms with E-state index in [9.17, 15) is 13.2 Å². The van der Waals surface area contributed by atoms with Crippen molar-refractivity contribution in [3.63, 3.8) is 0 Å². The average Bonchev–Trinajstić information content (AvgIpc) is 3.18. The molecule has 178 valence electrons. The highest BCUT2D eigenvalue weighted by molar-refractivity contribution is 6.35. The molecule has 4 aromatic rings. The predicted octanol–water partition coefficient (Wildman–Crippen LogP) is 5.86. The normalized spacial score (nSPS) is 11.1. The van der Waals surface area contributed by atoms with Crippen LogP contribution in [0.1, 0.15) is 11.3 Å². The maximum absolute atomic E-state index is 10.6. The van der Waals surface area contributed by atoms with E-state index in [0.717, 1.165) is 28.0 Å². The van der Waals surface area contributed by atoms with Crippen LogP contribution in [0.5, 0.6) is 5.75 Å². The highest BCUT2D eigenvalue weighted by atomic mass is 35.5. The molecule has 0 aliphatic carbocycles. The molecule has 0 amide bonds. The van der Waals surface area contributed by atoms with Crippen molar-refractivity contribution in [3.8, 4) is 17.1 Å². The molecule has 0 unspecified atom stereocenters. The molecule has 0 radical (unpaired) electrons. The molecular formula is C22H17Cl2F3N4O3. The number of rotatable bonds is 4. The van der Waals surface area contributed by atoms with Gasteiger partial charge in [-0.1, -0.05) is 35.3 Å². The van der Waals surface area contributed by atoms with Gasteiger partial charge < -0.3 is 14.4 Å². The Morgan fingerprint density at radius 2 is 1.85 bits per heavy atom. The topological polar surface area (TPSA) is 90.1 Å². The summed E-state index contributed by atoms with van der Waals surface area (Å²) in [5.74, 6) is -1.22. The van der Waals surface area contributed by atoms with E-state index in [1.807, 2.05) is 49.0 Å². The molecule has 0 saturated carbocycles. The van der Waals surface area contributed by atoms with E-state index in [2.05, 4.69) is 9.97 Å². The number of imidazole rings is 1. The molecule has 1 N–H and O–H groups in total. The third kappa shape index (κ3) is 5.75. The Kier molecular flexibility index (Phi) is 7.63. The number of alkyl halides is 3. The number of nitrogens with zero attached hydrogens (tertiary/aromatic N) is 4. The molecule has 0 spiro atoms. The van der Waals surface area contributed by atoms with Gasteiger partial charge in [0.2, 0.25) is 0 Å². The Morgan fingerprint density at radius 3 is 2.41 bits per heavy atom. The van der Waals surface area contributed by atoms with Crippen molar-refractivity contribution in [1.82, 2.24) is 19.5 Å². The van der Waals surface area contributed by atoms with Crippen LogP contribution in [0.15, 0.2) is 49.1 Å². The van der Waals surface area contributed by atoms with Crippen LogP contribution in [-0.2, 0) is 18.4 Å². The highest BCUT2D eigenvalue weighted by Gasteiger charge is 2.38. The number of benzene rings is 1. The molecule has 7 nitrogen and oxygen atoms in total. The van der Waals surface area contributed by atoms with Gasteiger partial charge in [-0.2, -0.15) is 13.2 Å². The van der Waals surface area contributed by atoms with E-state index < -0.39 is 12.1 Å². The third-order valence-corrected chi connectivity index (χ3v) is 5.21. The van der Waals surface area contributed by atoms with Gasteiger partial charge in [-0.3, -0.25) is 4.98 Å². The smallest absolute Gasteiger partial charge is 0.487 e. The van der Waals surface area contributed by atoms with Gasteiger partial charge in [0.05, 0.1) is 10.0 Å². The second-order valence-electron chi connectivity index (χ2n) is 7.00. The molecule has 0 atom stereocenters. The van der Waals surface area contributed by atoms with Crippen LogP contribution in [0.25, 0.3) is 22.3 Å². The van der Waals surface area contributed by atoms with Gasteiger partial charge in [-0.25, -0.2) is 14.8 Å². The molecule has 4 rings (SSSR count). The molecule has 0 fully saturated rings. The summed E-state index contributed by atoms with van der Waals surface area (Å²) in [5.41, 5.74) is 3.37. The fourth-order valence-corrected chi connectivity index (χ4v) is 3.48. The largest absolute Gasteiger partial charge is 0.490 e. The number of fused-ring (bicyclic) bond motifs is 1. The van der Waals surface area contributed by atoms with Crippen LogP contribution >= 0.6 is 23.2 Å². The maximum atomic E-state index is 10.6. The molecule has 1 aromatic carbocycles. The van der Waals surface area contributed by atoms with Crippen molar-refractivity contribution >= 4 is 40.1 Å². The highest BCUT2D eigenvalue weighted by Crippen LogP contribution is 2.33. The first kappa shape index (κ1) is 25.3. The number of hydrogen-bond donors (Lipinski definition) is 1. The van der Waals surface area contributed by atoms with E-state index in [-0.39, 0.29) is 6.61 Å². The fourth-order valence-electron chi connectivity index (χ4n) is 3.00. The second kappa shape index (κ2) is 10.3. The number of pyridine rings is 2. The molecule has 3 heterocycles. The van der Waals surface area contributed by atoms with Crippen LogP contribution in [0.3, 0.4) is 0 Å². The first-order chi connectivity index (χ1) is 16.0. The Hall–Kier alpha value is -3.37. The van der Waals surface area contributed by atoms with E-state index in [1.165, 1.54) is 0 Å². The minimum absolute atomic E-state index is 0.229. The van der Waals surface area contributed by atoms with Crippen LogP contribution in [0.2, 0.25) is 10.0 Å². The Labute approximate surface area is 201 Å². The fraction of sp³-hybridized carbons (Fsp3) is 0.182. The first-order valence-corrected chi connectivity index (χ1v) is 10.3. The molecule has 0 saturated heterocycles. The summed E-state index contributed by atoms with van der Waals surface area (Å²) in [6.45, 7) is 2.19. The number of carbonyl (C=O) groups is 1. The summed E-state index contributed by atoms with van der Waals surface area (Å²) in [5, 5.41) is 9.04. The van der Waals surface area contributed by atoms with Crippen LogP contribution in [-0.4, -0.2) is 36.8 Å². The minimum atomic E-state index is -5.08. The molecule has 34 heavy (non-hydrogen) atoms. The zero-order valence-corrected chi connectivity index (χ0v) is 19.3. The van der Waals surface area contributed by atoms with E-state index in [4.69, 9.17) is 42.8 Å². The summed E-state index contributed by atoms with van der Waals surface area (Å²) in [7, 11) is 1.97. The maximum Gasteiger partial charge on any atom is 0.490 e. The number of halogens is 5. The summed E-state index contributed by atoms with van der Waals surface area (Å²) in [6, 6.07) is 7.88. The van der Waals surface area contributed by atoms with Crippen molar-refractivity contribution in [3.05, 3.63) is 70.4 Å². The van der Waals surface area contributed by atoms with Crippen molar-refractivity contribution in [2.75, 3.05) is 0 Å². The van der Waals surface area contributed by atoms with Gasteiger partial charge in [0.15, 0.2) is 0 Å². The lowest BCUT2D eigenvalue weighted by atomic mass is 10.1. The average molecular weight is 513 g/mol.